The third-order valence-electron chi connectivity index (χ3n) is 5.54. The quantitative estimate of drug-likeness (QED) is 0.176. The van der Waals surface area contributed by atoms with Gasteiger partial charge in [-0.15, -0.1) is 23.1 Å². The molecule has 158 valence electrons. The van der Waals surface area contributed by atoms with Gasteiger partial charge in [0.15, 0.2) is 0 Å². The molecule has 0 saturated carbocycles. The van der Waals surface area contributed by atoms with Crippen molar-refractivity contribution in [1.82, 2.24) is 4.98 Å². The van der Waals surface area contributed by atoms with Crippen LogP contribution in [0.5, 0.6) is 0 Å². The highest BCUT2D eigenvalue weighted by molar-refractivity contribution is 8.01. The molecule has 2 heterocycles. The number of thiophene rings is 1. The van der Waals surface area contributed by atoms with Crippen LogP contribution in [-0.2, 0) is 0 Å². The lowest BCUT2D eigenvalue weighted by Crippen LogP contribution is -1.84. The molecule has 0 unspecified atom stereocenters. The molecule has 0 amide bonds. The smallest absolute Gasteiger partial charge is 0.0611 e. The number of nitrogens with zero attached hydrogens (tertiary/aromatic N) is 1. The molecule has 0 saturated heterocycles. The van der Waals surface area contributed by atoms with Crippen LogP contribution in [0.25, 0.3) is 10.1 Å². The van der Waals surface area contributed by atoms with Crippen LogP contribution < -0.4 is 0 Å². The van der Waals surface area contributed by atoms with Gasteiger partial charge in [0.1, 0.15) is 0 Å². The van der Waals surface area contributed by atoms with Crippen LogP contribution in [0, 0.1) is 0 Å². The summed E-state index contributed by atoms with van der Waals surface area (Å²) in [4.78, 5) is 4.21. The predicted molar refractivity (Wildman–Crippen MR) is 130 cm³/mol. The summed E-state index contributed by atoms with van der Waals surface area (Å²) in [5.74, 6) is 1.26. The molecule has 0 radical (unpaired) electrons. The van der Waals surface area contributed by atoms with E-state index in [0.717, 1.165) is 0 Å². The van der Waals surface area contributed by atoms with E-state index in [1.54, 1.807) is 0 Å². The first-order chi connectivity index (χ1) is 13.9. The van der Waals surface area contributed by atoms with Crippen molar-refractivity contribution in [1.29, 1.82) is 0 Å². The Morgan fingerprint density at radius 2 is 1.29 bits per heavy atom. The average molecular weight is 420 g/mol. The van der Waals surface area contributed by atoms with Crippen molar-refractivity contribution in [2.24, 2.45) is 0 Å². The molecular weight excluding hydrogens is 378 g/mol. The van der Waals surface area contributed by atoms with Gasteiger partial charge in [-0.3, -0.25) is 4.98 Å². The Balaban J connectivity index is 1.30. The van der Waals surface area contributed by atoms with Gasteiger partial charge in [-0.1, -0.05) is 103 Å². The molecule has 3 heteroatoms. The molecular formula is C25H41NS2. The molecule has 2 aromatic heterocycles. The van der Waals surface area contributed by atoms with Crippen molar-refractivity contribution in [2.75, 3.05) is 5.75 Å². The van der Waals surface area contributed by atoms with E-state index < -0.39 is 0 Å². The van der Waals surface area contributed by atoms with Crippen molar-refractivity contribution in [3.8, 4) is 0 Å². The van der Waals surface area contributed by atoms with Gasteiger partial charge in [0.25, 0.3) is 0 Å². The lowest BCUT2D eigenvalue weighted by Gasteiger charge is -2.03. The normalized spacial score (nSPS) is 11.5. The number of hydrogen-bond donors (Lipinski definition) is 0. The van der Waals surface area contributed by atoms with Crippen LogP contribution in [-0.4, -0.2) is 10.7 Å². The fourth-order valence-electron chi connectivity index (χ4n) is 3.75. The summed E-state index contributed by atoms with van der Waals surface area (Å²) in [7, 11) is 0. The molecule has 0 atom stereocenters. The Hall–Kier alpha value is -0.540. The molecule has 0 bridgehead atoms. The second kappa shape index (κ2) is 16.3. The lowest BCUT2D eigenvalue weighted by molar-refractivity contribution is 0.532. The molecule has 2 rings (SSSR count). The van der Waals surface area contributed by atoms with Gasteiger partial charge in [-0.2, -0.15) is 0 Å². The first-order valence-electron chi connectivity index (χ1n) is 11.9. The van der Waals surface area contributed by atoms with Crippen molar-refractivity contribution in [3.63, 3.8) is 0 Å². The number of thioether (sulfide) groups is 1. The molecule has 0 aromatic carbocycles. The molecule has 0 aliphatic heterocycles. The van der Waals surface area contributed by atoms with Gasteiger partial charge in [0, 0.05) is 12.4 Å². The minimum Gasteiger partial charge on any atom is -0.263 e. The third-order valence-corrected chi connectivity index (χ3v) is 7.92. The second-order valence-corrected chi connectivity index (χ2v) is 10.6. The first kappa shape index (κ1) is 23.7. The van der Waals surface area contributed by atoms with Crippen LogP contribution >= 0.6 is 23.1 Å². The molecule has 0 aliphatic carbocycles. The topological polar surface area (TPSA) is 12.9 Å². The number of unbranched alkanes of at least 4 members (excludes halogenated alkanes) is 15. The van der Waals surface area contributed by atoms with Gasteiger partial charge < -0.3 is 0 Å². The average Bonchev–Trinajstić information content (AvgIpc) is 3.13. The summed E-state index contributed by atoms with van der Waals surface area (Å²) in [6, 6.07) is 4.43. The largest absolute Gasteiger partial charge is 0.263 e. The number of aromatic nitrogens is 1. The van der Waals surface area contributed by atoms with Crippen molar-refractivity contribution in [3.05, 3.63) is 24.5 Å². The number of fused-ring (bicyclic) bond motifs is 1. The standard InChI is InChI=1S/C25H41NS2/c1-2-3-4-5-6-7-8-9-10-11-12-13-14-15-16-17-20-27-25-21-23-18-19-26-22-24(23)28-25/h18-19,21-22H,2-17,20H2,1H3. The van der Waals surface area contributed by atoms with E-state index >= 15 is 0 Å². The van der Waals surface area contributed by atoms with E-state index in [9.17, 15) is 0 Å². The van der Waals surface area contributed by atoms with E-state index in [-0.39, 0.29) is 0 Å². The van der Waals surface area contributed by atoms with E-state index in [4.69, 9.17) is 0 Å². The fourth-order valence-corrected chi connectivity index (χ4v) is 6.03. The molecule has 0 fully saturated rings. The van der Waals surface area contributed by atoms with Gasteiger partial charge in [0.05, 0.1) is 8.91 Å². The van der Waals surface area contributed by atoms with Crippen molar-refractivity contribution >= 4 is 33.2 Å². The highest BCUT2D eigenvalue weighted by atomic mass is 32.2. The van der Waals surface area contributed by atoms with Crippen LogP contribution in [0.1, 0.15) is 110 Å². The van der Waals surface area contributed by atoms with Crippen LogP contribution in [0.15, 0.2) is 28.7 Å². The van der Waals surface area contributed by atoms with E-state index in [0.29, 0.717) is 0 Å². The summed E-state index contributed by atoms with van der Waals surface area (Å²) < 4.78 is 2.76. The molecule has 28 heavy (non-hydrogen) atoms. The van der Waals surface area contributed by atoms with Crippen molar-refractivity contribution in [2.45, 2.75) is 114 Å². The van der Waals surface area contributed by atoms with E-state index in [1.807, 2.05) is 35.5 Å². The summed E-state index contributed by atoms with van der Waals surface area (Å²) in [5, 5.41) is 1.34. The first-order valence-corrected chi connectivity index (χ1v) is 13.7. The number of rotatable bonds is 18. The SMILES string of the molecule is CCCCCCCCCCCCCCCCCCSc1cc2ccncc2s1. The summed E-state index contributed by atoms with van der Waals surface area (Å²) in [5.41, 5.74) is 0. The number of pyridine rings is 1. The van der Waals surface area contributed by atoms with Gasteiger partial charge in [-0.05, 0) is 29.7 Å². The molecule has 1 nitrogen and oxygen atoms in total. The van der Waals surface area contributed by atoms with E-state index in [2.05, 4.69) is 24.0 Å². The summed E-state index contributed by atoms with van der Waals surface area (Å²) >= 11 is 3.91. The molecule has 0 aliphatic rings. The molecule has 0 N–H and O–H groups in total. The number of hydrogen-bond acceptors (Lipinski definition) is 3. The Kier molecular flexibility index (Phi) is 13.8. The molecule has 0 spiro atoms. The zero-order valence-electron chi connectivity index (χ0n) is 18.1. The minimum atomic E-state index is 1.26. The Morgan fingerprint density at radius 1 is 0.750 bits per heavy atom. The molecule has 2 aromatic rings. The van der Waals surface area contributed by atoms with Crippen LogP contribution in [0.4, 0.5) is 0 Å². The monoisotopic (exact) mass is 419 g/mol. The maximum absolute atomic E-state index is 4.21. The van der Waals surface area contributed by atoms with Gasteiger partial charge >= 0.3 is 0 Å². The zero-order valence-corrected chi connectivity index (χ0v) is 19.7. The maximum Gasteiger partial charge on any atom is 0.0611 e. The fraction of sp³-hybridized carbons (Fsp3) is 0.720. The Labute approximate surface area is 182 Å². The van der Waals surface area contributed by atoms with E-state index in [1.165, 1.54) is 123 Å². The van der Waals surface area contributed by atoms with Gasteiger partial charge in [-0.25, -0.2) is 0 Å². The summed E-state index contributed by atoms with van der Waals surface area (Å²) in [6.45, 7) is 2.30. The maximum atomic E-state index is 4.21. The predicted octanol–water partition coefficient (Wildman–Crippen LogP) is 9.65. The highest BCUT2D eigenvalue weighted by Gasteiger charge is 2.02. The van der Waals surface area contributed by atoms with Crippen LogP contribution in [0.3, 0.4) is 0 Å². The summed E-state index contributed by atoms with van der Waals surface area (Å²) in [6.07, 6.45) is 26.9. The zero-order chi connectivity index (χ0) is 19.7. The lowest BCUT2D eigenvalue weighted by atomic mass is 10.0. The Bertz CT molecular complexity index is 574. The third kappa shape index (κ3) is 10.9. The highest BCUT2D eigenvalue weighted by Crippen LogP contribution is 2.32. The van der Waals surface area contributed by atoms with Crippen LogP contribution in [0.2, 0.25) is 0 Å². The Morgan fingerprint density at radius 3 is 1.82 bits per heavy atom. The minimum absolute atomic E-state index is 1.26. The second-order valence-electron chi connectivity index (χ2n) is 8.13. The van der Waals surface area contributed by atoms with Gasteiger partial charge in [0.2, 0.25) is 0 Å². The van der Waals surface area contributed by atoms with Crippen molar-refractivity contribution < 1.29 is 0 Å².